The van der Waals surface area contributed by atoms with Crippen LogP contribution in [0.3, 0.4) is 0 Å². The molecular weight excluding hydrogens is 212 g/mol. The standard InChI is InChI=1S/C13H24N4/c14-6-1-4-13-5-2-9-17(13)10-3-8-16-11-7-15-12-16/h7,11-13H,1-6,8-10,14H2. The number of nitrogens with two attached hydrogens (primary N) is 1. The lowest BCUT2D eigenvalue weighted by Crippen LogP contribution is -2.31. The summed E-state index contributed by atoms with van der Waals surface area (Å²) in [4.78, 5) is 6.71. The topological polar surface area (TPSA) is 47.1 Å². The van der Waals surface area contributed by atoms with E-state index in [4.69, 9.17) is 5.73 Å². The van der Waals surface area contributed by atoms with Crippen molar-refractivity contribution in [2.45, 2.75) is 44.7 Å². The molecule has 1 unspecified atom stereocenters. The van der Waals surface area contributed by atoms with Crippen LogP contribution in [0.4, 0.5) is 0 Å². The summed E-state index contributed by atoms with van der Waals surface area (Å²) in [5, 5.41) is 0. The SMILES string of the molecule is NCCCC1CCCN1CCCn1ccnc1. The second-order valence-electron chi connectivity index (χ2n) is 4.92. The van der Waals surface area contributed by atoms with E-state index in [9.17, 15) is 0 Å². The van der Waals surface area contributed by atoms with E-state index in [-0.39, 0.29) is 0 Å². The molecule has 2 heterocycles. The van der Waals surface area contributed by atoms with Gasteiger partial charge < -0.3 is 15.2 Å². The molecule has 0 radical (unpaired) electrons. The van der Waals surface area contributed by atoms with Crippen molar-refractivity contribution in [2.24, 2.45) is 5.73 Å². The Bertz CT molecular complexity index is 296. The van der Waals surface area contributed by atoms with E-state index in [1.807, 2.05) is 18.7 Å². The Kier molecular flexibility index (Phi) is 5.01. The van der Waals surface area contributed by atoms with E-state index >= 15 is 0 Å². The molecule has 0 aromatic carbocycles. The first-order chi connectivity index (χ1) is 8.40. The largest absolute Gasteiger partial charge is 0.337 e. The number of hydrogen-bond donors (Lipinski definition) is 1. The average Bonchev–Trinajstić information content (AvgIpc) is 2.98. The smallest absolute Gasteiger partial charge is 0.0945 e. The predicted octanol–water partition coefficient (Wildman–Crippen LogP) is 1.48. The summed E-state index contributed by atoms with van der Waals surface area (Å²) in [6.07, 6.45) is 12.2. The van der Waals surface area contributed by atoms with Crippen molar-refractivity contribution >= 4 is 0 Å². The fourth-order valence-corrected chi connectivity index (χ4v) is 2.75. The normalized spacial score (nSPS) is 21.1. The number of imidazole rings is 1. The first kappa shape index (κ1) is 12.6. The molecule has 2 rings (SSSR count). The van der Waals surface area contributed by atoms with Crippen molar-refractivity contribution in [2.75, 3.05) is 19.6 Å². The molecule has 0 bridgehead atoms. The zero-order valence-electron chi connectivity index (χ0n) is 10.6. The Morgan fingerprint density at radius 2 is 2.24 bits per heavy atom. The first-order valence-electron chi connectivity index (χ1n) is 6.80. The van der Waals surface area contributed by atoms with Crippen molar-refractivity contribution in [1.29, 1.82) is 0 Å². The summed E-state index contributed by atoms with van der Waals surface area (Å²) in [6.45, 7) is 4.41. The van der Waals surface area contributed by atoms with Gasteiger partial charge in [-0.3, -0.25) is 0 Å². The predicted molar refractivity (Wildman–Crippen MR) is 69.7 cm³/mol. The van der Waals surface area contributed by atoms with Gasteiger partial charge in [-0.2, -0.15) is 0 Å². The van der Waals surface area contributed by atoms with Gasteiger partial charge in [-0.15, -0.1) is 0 Å². The van der Waals surface area contributed by atoms with Crippen molar-refractivity contribution in [3.8, 4) is 0 Å². The van der Waals surface area contributed by atoms with Crippen LogP contribution in [-0.2, 0) is 6.54 Å². The maximum absolute atomic E-state index is 5.59. The van der Waals surface area contributed by atoms with Crippen LogP contribution in [0.5, 0.6) is 0 Å². The second-order valence-corrected chi connectivity index (χ2v) is 4.92. The van der Waals surface area contributed by atoms with Gasteiger partial charge in [-0.1, -0.05) is 0 Å². The number of aryl methyl sites for hydroxylation is 1. The highest BCUT2D eigenvalue weighted by molar-refractivity contribution is 4.80. The second kappa shape index (κ2) is 6.77. The fraction of sp³-hybridized carbons (Fsp3) is 0.769. The number of nitrogens with zero attached hydrogens (tertiary/aromatic N) is 3. The van der Waals surface area contributed by atoms with E-state index in [0.717, 1.165) is 19.1 Å². The van der Waals surface area contributed by atoms with Crippen molar-refractivity contribution in [3.05, 3.63) is 18.7 Å². The van der Waals surface area contributed by atoms with Gasteiger partial charge in [0.25, 0.3) is 0 Å². The van der Waals surface area contributed by atoms with Gasteiger partial charge in [0.2, 0.25) is 0 Å². The molecular formula is C13H24N4. The summed E-state index contributed by atoms with van der Waals surface area (Å²) in [5.41, 5.74) is 5.59. The lowest BCUT2D eigenvalue weighted by Gasteiger charge is -2.24. The molecule has 0 spiro atoms. The molecule has 1 atom stereocenters. The molecule has 1 saturated heterocycles. The molecule has 4 nitrogen and oxygen atoms in total. The summed E-state index contributed by atoms with van der Waals surface area (Å²) in [7, 11) is 0. The van der Waals surface area contributed by atoms with E-state index in [0.29, 0.717) is 0 Å². The van der Waals surface area contributed by atoms with Gasteiger partial charge >= 0.3 is 0 Å². The van der Waals surface area contributed by atoms with Crippen LogP contribution >= 0.6 is 0 Å². The van der Waals surface area contributed by atoms with Crippen LogP contribution in [0, 0.1) is 0 Å². The molecule has 0 amide bonds. The fourth-order valence-electron chi connectivity index (χ4n) is 2.75. The average molecular weight is 236 g/mol. The minimum atomic E-state index is 0.793. The minimum absolute atomic E-state index is 0.793. The lowest BCUT2D eigenvalue weighted by molar-refractivity contribution is 0.234. The van der Waals surface area contributed by atoms with Crippen molar-refractivity contribution in [1.82, 2.24) is 14.5 Å². The van der Waals surface area contributed by atoms with E-state index in [1.165, 1.54) is 45.2 Å². The van der Waals surface area contributed by atoms with Gasteiger partial charge in [0.05, 0.1) is 6.33 Å². The maximum atomic E-state index is 5.59. The molecule has 4 heteroatoms. The quantitative estimate of drug-likeness (QED) is 0.780. The molecule has 1 aromatic heterocycles. The first-order valence-corrected chi connectivity index (χ1v) is 6.80. The van der Waals surface area contributed by atoms with Gasteiger partial charge in [-0.05, 0) is 45.2 Å². The Balaban J connectivity index is 1.67. The van der Waals surface area contributed by atoms with Gasteiger partial charge in [0.15, 0.2) is 0 Å². The Labute approximate surface area is 104 Å². The van der Waals surface area contributed by atoms with Crippen LogP contribution in [-0.4, -0.2) is 40.1 Å². The molecule has 0 aliphatic carbocycles. The van der Waals surface area contributed by atoms with E-state index in [2.05, 4.69) is 14.5 Å². The monoisotopic (exact) mass is 236 g/mol. The highest BCUT2D eigenvalue weighted by atomic mass is 15.2. The zero-order chi connectivity index (χ0) is 11.9. The third kappa shape index (κ3) is 3.82. The molecule has 17 heavy (non-hydrogen) atoms. The molecule has 96 valence electrons. The van der Waals surface area contributed by atoms with Crippen LogP contribution in [0.25, 0.3) is 0 Å². The van der Waals surface area contributed by atoms with Gasteiger partial charge in [-0.25, -0.2) is 4.98 Å². The Hall–Kier alpha value is -0.870. The van der Waals surface area contributed by atoms with Crippen molar-refractivity contribution < 1.29 is 0 Å². The summed E-state index contributed by atoms with van der Waals surface area (Å²) < 4.78 is 2.16. The van der Waals surface area contributed by atoms with Crippen LogP contribution in [0.1, 0.15) is 32.1 Å². The molecule has 1 aliphatic rings. The molecule has 1 fully saturated rings. The minimum Gasteiger partial charge on any atom is -0.337 e. The van der Waals surface area contributed by atoms with Crippen LogP contribution < -0.4 is 5.73 Å². The molecule has 0 saturated carbocycles. The number of aromatic nitrogens is 2. The number of likely N-dealkylation sites (tertiary alicyclic amines) is 1. The van der Waals surface area contributed by atoms with Gasteiger partial charge in [0, 0.05) is 31.5 Å². The van der Waals surface area contributed by atoms with Crippen molar-refractivity contribution in [3.63, 3.8) is 0 Å². The Morgan fingerprint density at radius 3 is 3.00 bits per heavy atom. The van der Waals surface area contributed by atoms with E-state index < -0.39 is 0 Å². The molecule has 1 aromatic rings. The lowest BCUT2D eigenvalue weighted by atomic mass is 10.1. The zero-order valence-corrected chi connectivity index (χ0v) is 10.6. The summed E-state index contributed by atoms with van der Waals surface area (Å²) in [5.74, 6) is 0. The summed E-state index contributed by atoms with van der Waals surface area (Å²) >= 11 is 0. The highest BCUT2D eigenvalue weighted by Crippen LogP contribution is 2.21. The molecule has 1 aliphatic heterocycles. The Morgan fingerprint density at radius 1 is 1.29 bits per heavy atom. The van der Waals surface area contributed by atoms with Crippen LogP contribution in [0.2, 0.25) is 0 Å². The number of rotatable bonds is 7. The van der Waals surface area contributed by atoms with Crippen LogP contribution in [0.15, 0.2) is 18.7 Å². The maximum Gasteiger partial charge on any atom is 0.0945 e. The van der Waals surface area contributed by atoms with Gasteiger partial charge in [0.1, 0.15) is 0 Å². The molecule has 2 N–H and O–H groups in total. The number of hydrogen-bond acceptors (Lipinski definition) is 3. The third-order valence-corrected chi connectivity index (χ3v) is 3.66. The highest BCUT2D eigenvalue weighted by Gasteiger charge is 2.22. The van der Waals surface area contributed by atoms with E-state index in [1.54, 1.807) is 0 Å². The third-order valence-electron chi connectivity index (χ3n) is 3.66. The summed E-state index contributed by atoms with van der Waals surface area (Å²) in [6, 6.07) is 0.793.